The molecule has 0 bridgehead atoms. The van der Waals surface area contributed by atoms with Gasteiger partial charge in [-0.25, -0.2) is 18.3 Å². The van der Waals surface area contributed by atoms with E-state index in [1.807, 2.05) is 13.0 Å². The maximum absolute atomic E-state index is 15.7. The van der Waals surface area contributed by atoms with Gasteiger partial charge in [0.25, 0.3) is 11.5 Å². The lowest BCUT2D eigenvalue weighted by Crippen LogP contribution is -2.27. The quantitative estimate of drug-likeness (QED) is 0.213. The zero-order valence-electron chi connectivity index (χ0n) is 23.3. The summed E-state index contributed by atoms with van der Waals surface area (Å²) in [6.45, 7) is 1.85. The molecule has 1 aliphatic carbocycles. The Kier molecular flexibility index (Phi) is 7.31. The third-order valence-corrected chi connectivity index (χ3v) is 8.18. The molecular weight excluding hydrogens is 552 g/mol. The lowest BCUT2D eigenvalue weighted by Gasteiger charge is -2.27. The molecule has 3 heterocycles. The van der Waals surface area contributed by atoms with Crippen LogP contribution in [0, 0.1) is 23.0 Å². The fourth-order valence-corrected chi connectivity index (χ4v) is 5.89. The van der Waals surface area contributed by atoms with Crippen LogP contribution in [0.25, 0.3) is 22.3 Å². The highest BCUT2D eigenvalue weighted by atomic mass is 19.1. The van der Waals surface area contributed by atoms with Crippen LogP contribution >= 0.6 is 0 Å². The lowest BCUT2D eigenvalue weighted by molar-refractivity contribution is 0.102. The predicted octanol–water partition coefficient (Wildman–Crippen LogP) is 5.97. The number of nitrogens with two attached hydrogens (primary N) is 1. The van der Waals surface area contributed by atoms with Crippen LogP contribution in [0.4, 0.5) is 20.3 Å². The van der Waals surface area contributed by atoms with Crippen molar-refractivity contribution in [1.82, 2.24) is 19.2 Å². The van der Waals surface area contributed by atoms with Crippen LogP contribution in [0.5, 0.6) is 0 Å². The van der Waals surface area contributed by atoms with Crippen LogP contribution in [0.2, 0.25) is 0 Å². The molecule has 0 saturated heterocycles. The fraction of sp³-hybridized carbons (Fsp3) is 0.219. The molecule has 4 N–H and O–H groups in total. The summed E-state index contributed by atoms with van der Waals surface area (Å²) in [5.74, 6) is -1.07. The third-order valence-electron chi connectivity index (χ3n) is 8.18. The normalized spacial score (nSPS) is 16.7. The molecule has 0 radical (unpaired) electrons. The summed E-state index contributed by atoms with van der Waals surface area (Å²) in [6.07, 6.45) is 6.43. The smallest absolute Gasteiger partial charge is 0.267 e. The number of amides is 1. The Morgan fingerprint density at radius 1 is 1.02 bits per heavy atom. The summed E-state index contributed by atoms with van der Waals surface area (Å²) < 4.78 is 32.0. The van der Waals surface area contributed by atoms with Gasteiger partial charge in [-0.1, -0.05) is 0 Å². The van der Waals surface area contributed by atoms with Gasteiger partial charge in [0, 0.05) is 46.0 Å². The van der Waals surface area contributed by atoms with Gasteiger partial charge in [0.05, 0.1) is 0 Å². The number of rotatable bonds is 6. The van der Waals surface area contributed by atoms with Gasteiger partial charge >= 0.3 is 0 Å². The topological polar surface area (TPSA) is 131 Å². The van der Waals surface area contributed by atoms with E-state index in [0.717, 1.165) is 31.4 Å². The molecule has 11 heteroatoms. The molecule has 9 nitrogen and oxygen atoms in total. The van der Waals surface area contributed by atoms with Gasteiger partial charge in [-0.15, -0.1) is 0 Å². The van der Waals surface area contributed by atoms with Crippen molar-refractivity contribution in [2.45, 2.75) is 38.5 Å². The standard InChI is InChI=1S/C32H29F2N7O2/c1-18(35)19-4-6-20(7-5-19)28-16-26(29-30(36)37-17-38-41(28)29)24-13-10-22(15-27(24)34)39-31(42)25-3-2-14-40(32(25)43)23-11-8-21(33)9-12-23/h2-3,8-17,19-20,35H,4-7H2,1H3,(H,39,42)(H2,36,37,38). The number of carbonyl (C=O) groups is 1. The number of nitrogens with one attached hydrogen (secondary N) is 2. The molecule has 5 aromatic rings. The molecule has 1 fully saturated rings. The lowest BCUT2D eigenvalue weighted by atomic mass is 9.79. The Morgan fingerprint density at radius 3 is 2.47 bits per heavy atom. The van der Waals surface area contributed by atoms with Gasteiger partial charge in [0.1, 0.15) is 29.0 Å². The summed E-state index contributed by atoms with van der Waals surface area (Å²) >= 11 is 0. The first-order valence-corrected chi connectivity index (χ1v) is 14.0. The Balaban J connectivity index is 1.29. The van der Waals surface area contributed by atoms with Crippen LogP contribution in [0.3, 0.4) is 0 Å². The van der Waals surface area contributed by atoms with Crippen LogP contribution < -0.4 is 16.6 Å². The van der Waals surface area contributed by atoms with Crippen molar-refractivity contribution in [1.29, 1.82) is 5.41 Å². The monoisotopic (exact) mass is 581 g/mol. The van der Waals surface area contributed by atoms with Crippen molar-refractivity contribution < 1.29 is 13.6 Å². The van der Waals surface area contributed by atoms with Crippen molar-refractivity contribution in [2.24, 2.45) is 5.92 Å². The molecule has 0 aliphatic heterocycles. The number of carbonyl (C=O) groups excluding carboxylic acids is 1. The molecule has 0 unspecified atom stereocenters. The van der Waals surface area contributed by atoms with Gasteiger partial charge in [0.2, 0.25) is 0 Å². The molecule has 2 aromatic carbocycles. The first-order valence-electron chi connectivity index (χ1n) is 14.0. The number of fused-ring (bicyclic) bond motifs is 1. The van der Waals surface area contributed by atoms with E-state index in [1.165, 1.54) is 59.6 Å². The van der Waals surface area contributed by atoms with Gasteiger partial charge in [-0.05, 0) is 99.2 Å². The molecule has 43 heavy (non-hydrogen) atoms. The molecule has 1 amide bonds. The van der Waals surface area contributed by atoms with Crippen molar-refractivity contribution in [2.75, 3.05) is 11.1 Å². The molecule has 1 aliphatic rings. The Labute approximate surface area is 245 Å². The Bertz CT molecular complexity index is 1920. The number of benzene rings is 2. The van der Waals surface area contributed by atoms with E-state index in [0.29, 0.717) is 22.5 Å². The second-order valence-electron chi connectivity index (χ2n) is 10.8. The first-order chi connectivity index (χ1) is 20.7. The van der Waals surface area contributed by atoms with Crippen LogP contribution in [0.15, 0.2) is 78.0 Å². The first kappa shape index (κ1) is 28.0. The summed E-state index contributed by atoms with van der Waals surface area (Å²) in [4.78, 5) is 30.2. The van der Waals surface area contributed by atoms with E-state index in [1.54, 1.807) is 16.6 Å². The van der Waals surface area contributed by atoms with Crippen LogP contribution in [-0.4, -0.2) is 30.8 Å². The van der Waals surface area contributed by atoms with Crippen molar-refractivity contribution in [3.63, 3.8) is 0 Å². The SMILES string of the molecule is CC(=N)C1CCC(c2cc(-c3ccc(NC(=O)c4cccn(-c5ccc(F)cc5)c4=O)cc3F)c3c(N)ncnn23)CC1. The average Bonchev–Trinajstić information content (AvgIpc) is 3.38. The summed E-state index contributed by atoms with van der Waals surface area (Å²) in [6, 6.07) is 14.4. The second-order valence-corrected chi connectivity index (χ2v) is 10.8. The van der Waals surface area contributed by atoms with Gasteiger partial charge < -0.3 is 16.5 Å². The van der Waals surface area contributed by atoms with Gasteiger partial charge in [0.15, 0.2) is 5.82 Å². The van der Waals surface area contributed by atoms with E-state index >= 15 is 4.39 Å². The van der Waals surface area contributed by atoms with Crippen molar-refractivity contribution in [3.8, 4) is 16.8 Å². The average molecular weight is 582 g/mol. The minimum absolute atomic E-state index is 0.155. The number of halogens is 2. The highest BCUT2D eigenvalue weighted by Gasteiger charge is 2.28. The number of nitrogens with zero attached hydrogens (tertiary/aromatic N) is 4. The molecule has 6 rings (SSSR count). The molecule has 1 saturated carbocycles. The highest BCUT2D eigenvalue weighted by Crippen LogP contribution is 2.41. The molecule has 3 aromatic heterocycles. The van der Waals surface area contributed by atoms with E-state index in [9.17, 15) is 14.0 Å². The van der Waals surface area contributed by atoms with E-state index in [-0.39, 0.29) is 34.5 Å². The Morgan fingerprint density at radius 2 is 1.77 bits per heavy atom. The van der Waals surface area contributed by atoms with E-state index in [4.69, 9.17) is 11.1 Å². The number of hydrogen-bond acceptors (Lipinski definition) is 6. The minimum atomic E-state index is -0.710. The molecule has 218 valence electrons. The summed E-state index contributed by atoms with van der Waals surface area (Å²) in [7, 11) is 0. The second kappa shape index (κ2) is 11.2. The van der Waals surface area contributed by atoms with Crippen molar-refractivity contribution >= 4 is 28.6 Å². The number of pyridine rings is 1. The number of anilines is 2. The van der Waals surface area contributed by atoms with Gasteiger partial charge in [-0.2, -0.15) is 5.10 Å². The minimum Gasteiger partial charge on any atom is -0.382 e. The number of hydrogen-bond donors (Lipinski definition) is 3. The zero-order chi connectivity index (χ0) is 30.2. The van der Waals surface area contributed by atoms with Crippen LogP contribution in [-0.2, 0) is 0 Å². The van der Waals surface area contributed by atoms with E-state index < -0.39 is 23.1 Å². The number of nitrogen functional groups attached to an aromatic ring is 1. The summed E-state index contributed by atoms with van der Waals surface area (Å²) in [5.41, 5.74) is 8.99. The fourth-order valence-electron chi connectivity index (χ4n) is 5.89. The molecular formula is C32H29F2N7O2. The molecule has 0 spiro atoms. The van der Waals surface area contributed by atoms with Crippen LogP contribution in [0.1, 0.15) is 54.6 Å². The maximum atomic E-state index is 15.7. The Hall–Kier alpha value is -5.19. The molecule has 0 atom stereocenters. The predicted molar refractivity (Wildman–Crippen MR) is 161 cm³/mol. The largest absolute Gasteiger partial charge is 0.382 e. The zero-order valence-corrected chi connectivity index (χ0v) is 23.3. The summed E-state index contributed by atoms with van der Waals surface area (Å²) in [5, 5.41) is 15.0. The number of aromatic nitrogens is 4. The van der Waals surface area contributed by atoms with E-state index in [2.05, 4.69) is 15.4 Å². The maximum Gasteiger partial charge on any atom is 0.267 e. The highest BCUT2D eigenvalue weighted by molar-refractivity contribution is 6.04. The van der Waals surface area contributed by atoms with Gasteiger partial charge in [-0.3, -0.25) is 14.2 Å². The van der Waals surface area contributed by atoms with Crippen molar-refractivity contribution in [3.05, 3.63) is 106 Å². The third kappa shape index (κ3) is 5.29.